The number of halogens is 1. The van der Waals surface area contributed by atoms with Gasteiger partial charge in [0.05, 0.1) is 18.0 Å². The van der Waals surface area contributed by atoms with E-state index in [0.717, 1.165) is 16.5 Å². The first-order valence-electron chi connectivity index (χ1n) is 8.77. The zero-order valence-electron chi connectivity index (χ0n) is 15.8. The number of amides is 1. The number of carbonyl (C=O) groups is 1. The predicted molar refractivity (Wildman–Crippen MR) is 114 cm³/mol. The summed E-state index contributed by atoms with van der Waals surface area (Å²) in [6, 6.07) is 5.64. The Balaban J connectivity index is 1.74. The van der Waals surface area contributed by atoms with Gasteiger partial charge in [-0.3, -0.25) is 9.36 Å². The smallest absolute Gasteiger partial charge is 0.247 e. The number of hydrogen-bond donors (Lipinski definition) is 2. The van der Waals surface area contributed by atoms with Crippen molar-refractivity contribution < 1.29 is 4.79 Å². The highest BCUT2D eigenvalue weighted by Crippen LogP contribution is 2.29. The molecule has 0 radical (unpaired) electrons. The number of fused-ring (bicyclic) bond motifs is 1. The van der Waals surface area contributed by atoms with Crippen LogP contribution in [0, 0.1) is 6.92 Å². The largest absolute Gasteiger partial charge is 0.338 e. The van der Waals surface area contributed by atoms with Crippen LogP contribution in [-0.4, -0.2) is 30.0 Å². The van der Waals surface area contributed by atoms with Crippen molar-refractivity contribution in [2.75, 3.05) is 10.6 Å². The van der Waals surface area contributed by atoms with Crippen LogP contribution in [0.1, 0.15) is 5.56 Å². The van der Waals surface area contributed by atoms with E-state index in [0.29, 0.717) is 28.3 Å². The minimum Gasteiger partial charge on any atom is -0.338 e. The molecule has 4 aromatic rings. The van der Waals surface area contributed by atoms with Crippen LogP contribution >= 0.6 is 11.6 Å². The number of aromatic nitrogens is 5. The third kappa shape index (κ3) is 3.70. The van der Waals surface area contributed by atoms with Gasteiger partial charge in [-0.25, -0.2) is 9.97 Å². The summed E-state index contributed by atoms with van der Waals surface area (Å²) >= 11 is 6.40. The maximum atomic E-state index is 11.6. The van der Waals surface area contributed by atoms with Gasteiger partial charge in [0.2, 0.25) is 11.9 Å². The lowest BCUT2D eigenvalue weighted by Crippen LogP contribution is -2.07. The number of carbonyl (C=O) groups excluding carboxylic acids is 1. The first-order chi connectivity index (χ1) is 13.9. The van der Waals surface area contributed by atoms with Crippen molar-refractivity contribution in [1.82, 2.24) is 24.1 Å². The van der Waals surface area contributed by atoms with E-state index in [9.17, 15) is 4.79 Å². The van der Waals surface area contributed by atoms with Gasteiger partial charge in [0, 0.05) is 30.5 Å². The highest BCUT2D eigenvalue weighted by Gasteiger charge is 2.14. The molecule has 0 saturated carbocycles. The second-order valence-corrected chi connectivity index (χ2v) is 6.93. The van der Waals surface area contributed by atoms with Crippen molar-refractivity contribution in [2.45, 2.75) is 6.92 Å². The van der Waals surface area contributed by atoms with Gasteiger partial charge in [-0.2, -0.15) is 4.98 Å². The minimum absolute atomic E-state index is 0.259. The van der Waals surface area contributed by atoms with Crippen LogP contribution in [-0.2, 0) is 11.8 Å². The third-order valence-corrected chi connectivity index (χ3v) is 4.62. The Kier molecular flexibility index (Phi) is 4.77. The molecule has 0 fully saturated rings. The van der Waals surface area contributed by atoms with Gasteiger partial charge in [0.25, 0.3) is 0 Å². The summed E-state index contributed by atoms with van der Waals surface area (Å²) in [5.41, 5.74) is 2.61. The Morgan fingerprint density at radius 3 is 2.83 bits per heavy atom. The Hall–Kier alpha value is -3.65. The first-order valence-corrected chi connectivity index (χ1v) is 9.15. The van der Waals surface area contributed by atoms with Crippen LogP contribution in [0.4, 0.5) is 17.5 Å². The number of hydrogen-bond acceptors (Lipinski definition) is 5. The van der Waals surface area contributed by atoms with E-state index in [1.165, 1.54) is 6.08 Å². The molecule has 3 heterocycles. The highest BCUT2D eigenvalue weighted by molar-refractivity contribution is 6.32. The molecule has 1 amide bonds. The normalized spacial score (nSPS) is 10.9. The summed E-state index contributed by atoms with van der Waals surface area (Å²) < 4.78 is 3.72. The van der Waals surface area contributed by atoms with Crippen molar-refractivity contribution in [1.29, 1.82) is 0 Å². The average Bonchev–Trinajstić information content (AvgIpc) is 3.26. The molecule has 0 saturated heterocycles. The van der Waals surface area contributed by atoms with Crippen molar-refractivity contribution in [3.05, 3.63) is 66.4 Å². The fourth-order valence-corrected chi connectivity index (χ4v) is 3.20. The molecule has 146 valence electrons. The van der Waals surface area contributed by atoms with Gasteiger partial charge >= 0.3 is 0 Å². The molecule has 0 bridgehead atoms. The second kappa shape index (κ2) is 7.40. The fourth-order valence-electron chi connectivity index (χ4n) is 3.02. The zero-order valence-corrected chi connectivity index (χ0v) is 16.6. The molecule has 1 aromatic carbocycles. The molecule has 3 aromatic heterocycles. The summed E-state index contributed by atoms with van der Waals surface area (Å²) in [6.07, 6.45) is 8.24. The number of imidazole rings is 1. The molecule has 4 rings (SSSR count). The number of anilines is 3. The molecule has 8 nitrogen and oxygen atoms in total. The van der Waals surface area contributed by atoms with E-state index >= 15 is 0 Å². The van der Waals surface area contributed by atoms with Crippen LogP contribution in [0.25, 0.3) is 16.7 Å². The zero-order chi connectivity index (χ0) is 20.5. The van der Waals surface area contributed by atoms with Crippen LogP contribution in [0.15, 0.2) is 55.8 Å². The first kappa shape index (κ1) is 18.7. The van der Waals surface area contributed by atoms with Crippen molar-refractivity contribution >= 4 is 45.9 Å². The van der Waals surface area contributed by atoms with Gasteiger partial charge in [-0.15, -0.1) is 0 Å². The maximum absolute atomic E-state index is 11.6. The number of rotatable bonds is 5. The van der Waals surface area contributed by atoms with Gasteiger partial charge in [-0.05, 0) is 36.8 Å². The summed E-state index contributed by atoms with van der Waals surface area (Å²) in [5, 5.41) is 7.23. The SMILES string of the molecule is C=CC(=O)Nc1ccc2c(c1)c(C)cn2-c1nc(Nc2cn(C)cn2)ncc1Cl. The van der Waals surface area contributed by atoms with Crippen molar-refractivity contribution in [3.63, 3.8) is 0 Å². The number of aryl methyl sites for hydroxylation is 2. The molecular formula is C20H18ClN7O. The minimum atomic E-state index is -0.259. The van der Waals surface area contributed by atoms with Crippen molar-refractivity contribution in [3.8, 4) is 5.82 Å². The molecule has 0 aliphatic carbocycles. The molecule has 0 atom stereocenters. The van der Waals surface area contributed by atoms with E-state index in [-0.39, 0.29) is 5.91 Å². The standard InChI is InChI=1S/C20H18ClN7O/c1-4-18(29)24-13-5-6-16-14(7-13)12(2)9-28(16)19-15(21)8-22-20(26-19)25-17-10-27(3)11-23-17/h4-11H,1H2,2-3H3,(H,24,29)(H,22,25,26). The summed E-state index contributed by atoms with van der Waals surface area (Å²) in [7, 11) is 1.88. The second-order valence-electron chi connectivity index (χ2n) is 6.52. The number of nitrogens with one attached hydrogen (secondary N) is 2. The average molecular weight is 408 g/mol. The topological polar surface area (TPSA) is 89.7 Å². The maximum Gasteiger partial charge on any atom is 0.247 e. The third-order valence-electron chi connectivity index (χ3n) is 4.36. The van der Waals surface area contributed by atoms with Crippen LogP contribution in [0.5, 0.6) is 0 Å². The Labute approximate surface area is 171 Å². The summed E-state index contributed by atoms with van der Waals surface area (Å²) in [6.45, 7) is 5.46. The van der Waals surface area contributed by atoms with E-state index < -0.39 is 0 Å². The summed E-state index contributed by atoms with van der Waals surface area (Å²) in [4.78, 5) is 24.6. The molecule has 9 heteroatoms. The van der Waals surface area contributed by atoms with Gasteiger partial charge < -0.3 is 15.2 Å². The van der Waals surface area contributed by atoms with Gasteiger partial charge in [0.1, 0.15) is 5.02 Å². The van der Waals surface area contributed by atoms with E-state index in [4.69, 9.17) is 11.6 Å². The van der Waals surface area contributed by atoms with Crippen LogP contribution in [0.2, 0.25) is 5.02 Å². The monoisotopic (exact) mass is 407 g/mol. The quantitative estimate of drug-likeness (QED) is 0.488. The lowest BCUT2D eigenvalue weighted by molar-refractivity contribution is -0.111. The van der Waals surface area contributed by atoms with E-state index in [1.807, 2.05) is 53.7 Å². The molecule has 0 aliphatic rings. The Morgan fingerprint density at radius 1 is 1.28 bits per heavy atom. The van der Waals surface area contributed by atoms with Crippen LogP contribution < -0.4 is 10.6 Å². The molecule has 29 heavy (non-hydrogen) atoms. The fraction of sp³-hybridized carbons (Fsp3) is 0.100. The number of nitrogens with zero attached hydrogens (tertiary/aromatic N) is 5. The van der Waals surface area contributed by atoms with E-state index in [1.54, 1.807) is 12.5 Å². The predicted octanol–water partition coefficient (Wildman–Crippen LogP) is 3.98. The summed E-state index contributed by atoms with van der Waals surface area (Å²) in [5.74, 6) is 1.31. The molecule has 2 N–H and O–H groups in total. The molecule has 0 spiro atoms. The van der Waals surface area contributed by atoms with Gasteiger partial charge in [-0.1, -0.05) is 18.2 Å². The molecule has 0 aliphatic heterocycles. The molecule has 0 unspecified atom stereocenters. The number of benzene rings is 1. The van der Waals surface area contributed by atoms with Crippen LogP contribution in [0.3, 0.4) is 0 Å². The Bertz CT molecular complexity index is 1240. The van der Waals surface area contributed by atoms with E-state index in [2.05, 4.69) is 32.2 Å². The van der Waals surface area contributed by atoms with Crippen molar-refractivity contribution in [2.24, 2.45) is 7.05 Å². The van der Waals surface area contributed by atoms with Gasteiger partial charge in [0.15, 0.2) is 11.6 Å². The highest BCUT2D eigenvalue weighted by atomic mass is 35.5. The lowest BCUT2D eigenvalue weighted by atomic mass is 10.2. The Morgan fingerprint density at radius 2 is 2.10 bits per heavy atom. The lowest BCUT2D eigenvalue weighted by Gasteiger charge is -2.09. The molecular weight excluding hydrogens is 390 g/mol.